The third kappa shape index (κ3) is 3.97. The van der Waals surface area contributed by atoms with Gasteiger partial charge in [0.05, 0.1) is 5.92 Å². The summed E-state index contributed by atoms with van der Waals surface area (Å²) in [6.07, 6.45) is 1.81. The molecule has 0 spiro atoms. The fraction of sp³-hybridized carbons (Fsp3) is 0.120. The summed E-state index contributed by atoms with van der Waals surface area (Å²) < 4.78 is 2.06. The number of fused-ring (bicyclic) bond motifs is 1. The molecule has 4 heteroatoms. The van der Waals surface area contributed by atoms with Crippen LogP contribution in [-0.2, 0) is 11.3 Å². The van der Waals surface area contributed by atoms with E-state index in [1.807, 2.05) is 66.9 Å². The molecule has 0 amide bonds. The van der Waals surface area contributed by atoms with Gasteiger partial charge in [0.1, 0.15) is 0 Å². The second-order valence-corrected chi connectivity index (χ2v) is 7.10. The zero-order valence-corrected chi connectivity index (χ0v) is 15.9. The van der Waals surface area contributed by atoms with E-state index in [0.29, 0.717) is 17.7 Å². The number of nitrogens with zero attached hydrogens (tertiary/aromatic N) is 1. The van der Waals surface area contributed by atoms with Gasteiger partial charge in [0.2, 0.25) is 0 Å². The largest absolute Gasteiger partial charge is 0.481 e. The summed E-state index contributed by atoms with van der Waals surface area (Å²) in [7, 11) is 0. The van der Waals surface area contributed by atoms with E-state index < -0.39 is 11.9 Å². The maximum atomic E-state index is 12.7. The van der Waals surface area contributed by atoms with Crippen LogP contribution in [0.5, 0.6) is 0 Å². The molecule has 4 rings (SSSR count). The van der Waals surface area contributed by atoms with Crippen molar-refractivity contribution in [2.24, 2.45) is 0 Å². The van der Waals surface area contributed by atoms with Gasteiger partial charge in [-0.05, 0) is 17.2 Å². The molecule has 4 aromatic rings. The molecule has 3 aromatic carbocycles. The molecule has 1 aromatic heterocycles. The molecular weight excluding hydrogens is 362 g/mol. The highest BCUT2D eigenvalue weighted by molar-refractivity contribution is 6.00. The molecule has 0 radical (unpaired) electrons. The summed E-state index contributed by atoms with van der Waals surface area (Å²) in [6, 6.07) is 26.6. The average molecular weight is 383 g/mol. The Morgan fingerprint density at radius 3 is 2.14 bits per heavy atom. The Labute approximate surface area is 169 Å². The predicted octanol–water partition coefficient (Wildman–Crippen LogP) is 5.13. The third-order valence-corrected chi connectivity index (χ3v) is 5.17. The summed E-state index contributed by atoms with van der Waals surface area (Å²) in [6.45, 7) is 0.639. The van der Waals surface area contributed by atoms with Crippen LogP contribution in [0, 0.1) is 0 Å². The summed E-state index contributed by atoms with van der Waals surface area (Å²) in [5.74, 6) is -2.06. The Kier molecular flexibility index (Phi) is 5.25. The van der Waals surface area contributed by atoms with Crippen molar-refractivity contribution < 1.29 is 14.7 Å². The maximum absolute atomic E-state index is 12.7. The molecule has 1 unspecified atom stereocenters. The first kappa shape index (κ1) is 18.7. The number of aliphatic carboxylic acids is 1. The molecule has 1 N–H and O–H groups in total. The smallest absolute Gasteiger partial charge is 0.311 e. The summed E-state index contributed by atoms with van der Waals surface area (Å²) in [5.41, 5.74) is 3.30. The van der Waals surface area contributed by atoms with E-state index in [4.69, 9.17) is 0 Å². The Morgan fingerprint density at radius 2 is 1.45 bits per heavy atom. The predicted molar refractivity (Wildman–Crippen MR) is 113 cm³/mol. The van der Waals surface area contributed by atoms with E-state index in [1.54, 1.807) is 24.3 Å². The first-order valence-corrected chi connectivity index (χ1v) is 9.56. The van der Waals surface area contributed by atoms with E-state index >= 15 is 0 Å². The molecule has 4 nitrogen and oxygen atoms in total. The minimum Gasteiger partial charge on any atom is -0.481 e. The molecule has 0 saturated carbocycles. The quantitative estimate of drug-likeness (QED) is 0.450. The van der Waals surface area contributed by atoms with Gasteiger partial charge in [-0.25, -0.2) is 0 Å². The van der Waals surface area contributed by atoms with Crippen LogP contribution in [0.3, 0.4) is 0 Å². The van der Waals surface area contributed by atoms with Crippen LogP contribution in [0.2, 0.25) is 0 Å². The molecule has 0 saturated heterocycles. The van der Waals surface area contributed by atoms with Gasteiger partial charge in [-0.1, -0.05) is 78.9 Å². The highest BCUT2D eigenvalue weighted by Gasteiger charge is 2.27. The van der Waals surface area contributed by atoms with Crippen molar-refractivity contribution in [2.75, 3.05) is 0 Å². The first-order chi connectivity index (χ1) is 14.1. The number of rotatable bonds is 7. The van der Waals surface area contributed by atoms with Crippen molar-refractivity contribution in [3.8, 4) is 0 Å². The monoisotopic (exact) mass is 383 g/mol. The molecule has 0 fully saturated rings. The van der Waals surface area contributed by atoms with E-state index in [2.05, 4.69) is 4.57 Å². The average Bonchev–Trinajstić information content (AvgIpc) is 3.11. The van der Waals surface area contributed by atoms with E-state index in [1.165, 1.54) is 0 Å². The van der Waals surface area contributed by atoms with Crippen LogP contribution in [0.1, 0.15) is 33.8 Å². The Balaban J connectivity index is 1.72. The normalized spacial score (nSPS) is 12.0. The van der Waals surface area contributed by atoms with Crippen molar-refractivity contribution in [1.82, 2.24) is 4.57 Å². The van der Waals surface area contributed by atoms with Crippen LogP contribution < -0.4 is 0 Å². The molecule has 0 aliphatic rings. The van der Waals surface area contributed by atoms with Crippen LogP contribution >= 0.6 is 0 Å². The second-order valence-electron chi connectivity index (χ2n) is 7.10. The van der Waals surface area contributed by atoms with Gasteiger partial charge < -0.3 is 9.67 Å². The van der Waals surface area contributed by atoms with Gasteiger partial charge in [-0.2, -0.15) is 0 Å². The number of para-hydroxylation sites is 1. The Hall–Kier alpha value is -3.66. The van der Waals surface area contributed by atoms with Crippen LogP contribution in [0.4, 0.5) is 0 Å². The van der Waals surface area contributed by atoms with Crippen LogP contribution in [0.15, 0.2) is 91.1 Å². The van der Waals surface area contributed by atoms with E-state index in [0.717, 1.165) is 16.5 Å². The number of carboxylic acid groups (broad SMARTS) is 1. The Bertz CT molecular complexity index is 1150. The van der Waals surface area contributed by atoms with Gasteiger partial charge in [0, 0.05) is 35.6 Å². The maximum Gasteiger partial charge on any atom is 0.311 e. The molecule has 0 bridgehead atoms. The van der Waals surface area contributed by atoms with Crippen molar-refractivity contribution in [3.63, 3.8) is 0 Å². The number of hydrogen-bond acceptors (Lipinski definition) is 2. The molecule has 1 heterocycles. The zero-order valence-electron chi connectivity index (χ0n) is 15.9. The minimum absolute atomic E-state index is 0.0707. The standard InChI is InChI=1S/C25H21NO3/c27-24(19-11-5-2-6-12-19)15-21(25(28)29)22-17-26(16-18-9-3-1-4-10-18)23-14-8-7-13-20(22)23/h1-14,17,21H,15-16H2,(H,28,29). The molecule has 0 aliphatic heterocycles. The number of hydrogen-bond donors (Lipinski definition) is 1. The highest BCUT2D eigenvalue weighted by Crippen LogP contribution is 2.31. The van der Waals surface area contributed by atoms with Gasteiger partial charge in [-0.15, -0.1) is 0 Å². The molecule has 0 aliphatic carbocycles. The minimum atomic E-state index is -0.989. The van der Waals surface area contributed by atoms with Crippen LogP contribution in [-0.4, -0.2) is 21.4 Å². The fourth-order valence-corrected chi connectivity index (χ4v) is 3.72. The molecule has 1 atom stereocenters. The lowest BCUT2D eigenvalue weighted by molar-refractivity contribution is -0.138. The summed E-state index contributed by atoms with van der Waals surface area (Å²) in [5, 5.41) is 10.8. The van der Waals surface area contributed by atoms with Gasteiger partial charge in [-0.3, -0.25) is 9.59 Å². The number of aromatic nitrogens is 1. The number of Topliss-reactive ketones (excluding diaryl/α,β-unsaturated/α-hetero) is 1. The fourth-order valence-electron chi connectivity index (χ4n) is 3.72. The van der Waals surface area contributed by atoms with Crippen molar-refractivity contribution in [1.29, 1.82) is 0 Å². The lowest BCUT2D eigenvalue weighted by Gasteiger charge is -2.11. The summed E-state index contributed by atoms with van der Waals surface area (Å²) >= 11 is 0. The molecular formula is C25H21NO3. The molecule has 144 valence electrons. The van der Waals surface area contributed by atoms with E-state index in [9.17, 15) is 14.7 Å². The summed E-state index contributed by atoms with van der Waals surface area (Å²) in [4.78, 5) is 24.8. The Morgan fingerprint density at radius 1 is 0.828 bits per heavy atom. The molecule has 29 heavy (non-hydrogen) atoms. The lowest BCUT2D eigenvalue weighted by atomic mass is 9.91. The van der Waals surface area contributed by atoms with Gasteiger partial charge in [0.15, 0.2) is 5.78 Å². The van der Waals surface area contributed by atoms with E-state index in [-0.39, 0.29) is 12.2 Å². The van der Waals surface area contributed by atoms with Gasteiger partial charge >= 0.3 is 5.97 Å². The second kappa shape index (κ2) is 8.15. The van der Waals surface area contributed by atoms with Crippen LogP contribution in [0.25, 0.3) is 10.9 Å². The number of carbonyl (C=O) groups excluding carboxylic acids is 1. The highest BCUT2D eigenvalue weighted by atomic mass is 16.4. The topological polar surface area (TPSA) is 59.3 Å². The number of carboxylic acids is 1. The SMILES string of the molecule is O=C(CC(C(=O)O)c1cn(Cc2ccccc2)c2ccccc12)c1ccccc1. The van der Waals surface area contributed by atoms with Crippen molar-refractivity contribution >= 4 is 22.7 Å². The number of carbonyl (C=O) groups is 2. The number of benzene rings is 3. The number of ketones is 1. The first-order valence-electron chi connectivity index (χ1n) is 9.56. The van der Waals surface area contributed by atoms with Crippen molar-refractivity contribution in [2.45, 2.75) is 18.9 Å². The zero-order chi connectivity index (χ0) is 20.2. The van der Waals surface area contributed by atoms with Crippen molar-refractivity contribution in [3.05, 3.63) is 108 Å². The third-order valence-electron chi connectivity index (χ3n) is 5.17. The lowest BCUT2D eigenvalue weighted by Crippen LogP contribution is -2.16. The van der Waals surface area contributed by atoms with Gasteiger partial charge in [0.25, 0.3) is 0 Å².